The number of benzene rings is 1. The maximum atomic E-state index is 5.78. The minimum atomic E-state index is -0.461. The molecule has 2 aromatic rings. The van der Waals surface area contributed by atoms with E-state index >= 15 is 0 Å². The fraction of sp³-hybridized carbons (Fsp3) is 0.562. The highest BCUT2D eigenvalue weighted by atomic mass is 16.7. The van der Waals surface area contributed by atoms with E-state index in [1.807, 2.05) is 50.7 Å². The number of hydrogen-bond acceptors (Lipinski definition) is 5. The molecule has 0 spiro atoms. The summed E-state index contributed by atoms with van der Waals surface area (Å²) < 4.78 is 19.0. The normalized spacial score (nSPS) is 11.7. The fourth-order valence-electron chi connectivity index (χ4n) is 2.10. The molecule has 1 aromatic heterocycles. The zero-order valence-electron chi connectivity index (χ0n) is 13.8. The largest absolute Gasteiger partial charge is 0.492 e. The molecule has 0 atom stereocenters. The Hall–Kier alpha value is -1.63. The quantitative estimate of drug-likeness (QED) is 0.666. The second kappa shape index (κ2) is 8.12. The molecule has 0 radical (unpaired) electrons. The molecule has 0 fully saturated rings. The van der Waals surface area contributed by atoms with Crippen molar-refractivity contribution in [3.05, 3.63) is 24.5 Å². The first kappa shape index (κ1) is 16.7. The summed E-state index contributed by atoms with van der Waals surface area (Å²) in [6.45, 7) is 6.55. The van der Waals surface area contributed by atoms with Gasteiger partial charge in [0, 0.05) is 25.8 Å². The van der Waals surface area contributed by atoms with Gasteiger partial charge in [0.05, 0.1) is 17.4 Å². The molecule has 0 aliphatic carbocycles. The Balaban J connectivity index is 2.20. The van der Waals surface area contributed by atoms with Gasteiger partial charge in [0.1, 0.15) is 12.4 Å². The van der Waals surface area contributed by atoms with Crippen LogP contribution in [0.25, 0.3) is 11.0 Å². The van der Waals surface area contributed by atoms with E-state index in [0.29, 0.717) is 19.8 Å². The van der Waals surface area contributed by atoms with E-state index in [4.69, 9.17) is 14.2 Å². The highest BCUT2D eigenvalue weighted by Gasteiger charge is 2.14. The van der Waals surface area contributed by atoms with Crippen LogP contribution in [0.2, 0.25) is 0 Å². The lowest BCUT2D eigenvalue weighted by Crippen LogP contribution is -2.19. The standard InChI is InChI=1S/C16H25N3O3/c1-5-20-16(21-6-2)19-12-17-14-8-7-13(11-15(14)19)22-10-9-18(3)4/h7-8,11-12,16H,5-6,9-10H2,1-4H3. The van der Waals surface area contributed by atoms with Crippen LogP contribution in [0, 0.1) is 0 Å². The van der Waals surface area contributed by atoms with E-state index < -0.39 is 6.41 Å². The molecule has 0 aliphatic rings. The minimum absolute atomic E-state index is 0.461. The van der Waals surface area contributed by atoms with Gasteiger partial charge in [-0.05, 0) is 40.1 Å². The van der Waals surface area contributed by atoms with Crippen LogP contribution in [0.15, 0.2) is 24.5 Å². The molecule has 0 amide bonds. The molecule has 0 saturated heterocycles. The van der Waals surface area contributed by atoms with Crippen LogP contribution < -0.4 is 4.74 Å². The first-order valence-corrected chi connectivity index (χ1v) is 7.63. The molecular formula is C16H25N3O3. The predicted molar refractivity (Wildman–Crippen MR) is 86.1 cm³/mol. The summed E-state index contributed by atoms with van der Waals surface area (Å²) in [6, 6.07) is 5.86. The number of nitrogens with zero attached hydrogens (tertiary/aromatic N) is 3. The van der Waals surface area contributed by atoms with E-state index in [-0.39, 0.29) is 0 Å². The summed E-state index contributed by atoms with van der Waals surface area (Å²) in [7, 11) is 4.05. The molecule has 0 N–H and O–H groups in total. The minimum Gasteiger partial charge on any atom is -0.492 e. The molecule has 122 valence electrons. The van der Waals surface area contributed by atoms with Crippen LogP contribution in [-0.4, -0.2) is 54.9 Å². The van der Waals surface area contributed by atoms with E-state index in [1.54, 1.807) is 6.33 Å². The second-order valence-corrected chi connectivity index (χ2v) is 5.17. The lowest BCUT2D eigenvalue weighted by molar-refractivity contribution is -0.184. The van der Waals surface area contributed by atoms with Crippen molar-refractivity contribution in [1.82, 2.24) is 14.5 Å². The Morgan fingerprint density at radius 1 is 1.18 bits per heavy atom. The van der Waals surface area contributed by atoms with E-state index in [9.17, 15) is 0 Å². The van der Waals surface area contributed by atoms with Crippen LogP contribution in [0.5, 0.6) is 5.75 Å². The first-order valence-electron chi connectivity index (χ1n) is 7.63. The predicted octanol–water partition coefficient (Wildman–Crippen LogP) is 2.51. The molecule has 0 bridgehead atoms. The van der Waals surface area contributed by atoms with Crippen molar-refractivity contribution >= 4 is 11.0 Å². The Kier molecular flexibility index (Phi) is 6.18. The summed E-state index contributed by atoms with van der Waals surface area (Å²) >= 11 is 0. The molecule has 6 heteroatoms. The SMILES string of the molecule is CCOC(OCC)n1cnc2ccc(OCCN(C)C)cc21. The van der Waals surface area contributed by atoms with E-state index in [0.717, 1.165) is 23.3 Å². The van der Waals surface area contributed by atoms with Crippen molar-refractivity contribution in [3.63, 3.8) is 0 Å². The molecule has 1 heterocycles. The monoisotopic (exact) mass is 307 g/mol. The van der Waals surface area contributed by atoms with E-state index in [2.05, 4.69) is 9.88 Å². The molecule has 6 nitrogen and oxygen atoms in total. The lowest BCUT2D eigenvalue weighted by Gasteiger charge is -2.19. The summed E-state index contributed by atoms with van der Waals surface area (Å²) in [5, 5.41) is 0. The molecule has 0 unspecified atom stereocenters. The molecule has 2 rings (SSSR count). The summed E-state index contributed by atoms with van der Waals surface area (Å²) in [5.74, 6) is 0.822. The number of aromatic nitrogens is 2. The van der Waals surface area contributed by atoms with Gasteiger partial charge in [0.15, 0.2) is 0 Å². The van der Waals surface area contributed by atoms with Crippen LogP contribution in [-0.2, 0) is 9.47 Å². The number of rotatable bonds is 9. The van der Waals surface area contributed by atoms with Crippen LogP contribution in [0.3, 0.4) is 0 Å². The van der Waals surface area contributed by atoms with Gasteiger partial charge >= 0.3 is 0 Å². The van der Waals surface area contributed by atoms with Gasteiger partial charge < -0.3 is 19.1 Å². The Bertz CT molecular complexity index is 577. The lowest BCUT2D eigenvalue weighted by atomic mass is 10.3. The highest BCUT2D eigenvalue weighted by molar-refractivity contribution is 5.77. The molecule has 22 heavy (non-hydrogen) atoms. The van der Waals surface area contributed by atoms with E-state index in [1.165, 1.54) is 0 Å². The summed E-state index contributed by atoms with van der Waals surface area (Å²) in [4.78, 5) is 6.48. The number of fused-ring (bicyclic) bond motifs is 1. The average Bonchev–Trinajstić information content (AvgIpc) is 2.90. The third kappa shape index (κ3) is 4.19. The van der Waals surface area contributed by atoms with Crippen molar-refractivity contribution in [2.24, 2.45) is 0 Å². The topological polar surface area (TPSA) is 48.8 Å². The van der Waals surface area contributed by atoms with Crippen molar-refractivity contribution < 1.29 is 14.2 Å². The van der Waals surface area contributed by atoms with Gasteiger partial charge in [-0.3, -0.25) is 4.57 Å². The summed E-state index contributed by atoms with van der Waals surface area (Å²) in [5.41, 5.74) is 1.83. The number of likely N-dealkylation sites (N-methyl/N-ethyl adjacent to an activating group) is 1. The van der Waals surface area contributed by atoms with Gasteiger partial charge in [-0.1, -0.05) is 0 Å². The Morgan fingerprint density at radius 3 is 2.55 bits per heavy atom. The molecule has 1 aromatic carbocycles. The Labute approximate surface area is 131 Å². The van der Waals surface area contributed by atoms with Gasteiger partial charge in [0.2, 0.25) is 6.41 Å². The van der Waals surface area contributed by atoms with Gasteiger partial charge in [-0.2, -0.15) is 0 Å². The highest BCUT2D eigenvalue weighted by Crippen LogP contribution is 2.24. The number of hydrogen-bond donors (Lipinski definition) is 0. The van der Waals surface area contributed by atoms with Gasteiger partial charge in [-0.15, -0.1) is 0 Å². The molecule has 0 saturated carbocycles. The third-order valence-corrected chi connectivity index (χ3v) is 3.20. The van der Waals surface area contributed by atoms with Crippen molar-refractivity contribution in [3.8, 4) is 5.75 Å². The molecule has 0 aliphatic heterocycles. The van der Waals surface area contributed by atoms with Crippen molar-refractivity contribution in [2.75, 3.05) is 40.5 Å². The summed E-state index contributed by atoms with van der Waals surface area (Å²) in [6.07, 6.45) is 1.28. The second-order valence-electron chi connectivity index (χ2n) is 5.17. The van der Waals surface area contributed by atoms with Crippen molar-refractivity contribution in [2.45, 2.75) is 20.3 Å². The van der Waals surface area contributed by atoms with Crippen LogP contribution in [0.4, 0.5) is 0 Å². The maximum absolute atomic E-state index is 5.78. The zero-order valence-corrected chi connectivity index (χ0v) is 13.8. The third-order valence-electron chi connectivity index (χ3n) is 3.20. The number of ether oxygens (including phenoxy) is 3. The zero-order chi connectivity index (χ0) is 15.9. The van der Waals surface area contributed by atoms with Crippen molar-refractivity contribution in [1.29, 1.82) is 0 Å². The smallest absolute Gasteiger partial charge is 0.245 e. The molecular weight excluding hydrogens is 282 g/mol. The Morgan fingerprint density at radius 2 is 1.91 bits per heavy atom. The van der Waals surface area contributed by atoms with Gasteiger partial charge in [0.25, 0.3) is 0 Å². The fourth-order valence-corrected chi connectivity index (χ4v) is 2.10. The maximum Gasteiger partial charge on any atom is 0.245 e. The first-order chi connectivity index (χ1) is 10.7. The van der Waals surface area contributed by atoms with Crippen LogP contribution >= 0.6 is 0 Å². The van der Waals surface area contributed by atoms with Gasteiger partial charge in [-0.25, -0.2) is 4.98 Å². The average molecular weight is 307 g/mol. The van der Waals surface area contributed by atoms with Crippen LogP contribution in [0.1, 0.15) is 20.3 Å². The number of imidazole rings is 1.